The maximum absolute atomic E-state index is 13.1. The molecule has 214 valence electrons. The first-order chi connectivity index (χ1) is 20.7. The molecule has 0 aliphatic carbocycles. The summed E-state index contributed by atoms with van der Waals surface area (Å²) < 4.78 is 23.3. The normalized spacial score (nSPS) is 14.2. The number of allylic oxidation sites excluding steroid dienone is 1. The third kappa shape index (κ3) is 5.51. The first kappa shape index (κ1) is 28.2. The molecule has 0 saturated heterocycles. The number of esters is 1. The number of aryl methyl sites for hydroxylation is 2. The van der Waals surface area contributed by atoms with E-state index in [1.807, 2.05) is 56.3 Å². The fourth-order valence-corrected chi connectivity index (χ4v) is 5.57. The summed E-state index contributed by atoms with van der Waals surface area (Å²) >= 11 is 12.3. The largest absolute Gasteiger partial charge is 0.489 e. The summed E-state index contributed by atoms with van der Waals surface area (Å²) in [5.74, 6) is 0.0971. The number of carbonyl (C=O) groups excluding carboxylic acids is 1. The van der Waals surface area contributed by atoms with E-state index in [1.54, 1.807) is 36.4 Å². The van der Waals surface area contributed by atoms with Gasteiger partial charge in [0.1, 0.15) is 41.1 Å². The Bertz CT molecular complexity index is 1990. The van der Waals surface area contributed by atoms with Gasteiger partial charge in [-0.2, -0.15) is 5.26 Å². The Labute approximate surface area is 257 Å². The SMILES string of the molecule is Cc1ccc2oc(C(=O)Oc3ccc4c(c3)OC(N)=C(C#N)C4c3cccc(OCc4ccc(Cl)cc4Cl)c3)c(C)c2c1. The molecule has 1 unspecified atom stereocenters. The number of halogens is 2. The number of fused-ring (bicyclic) bond motifs is 2. The van der Waals surface area contributed by atoms with Crippen molar-refractivity contribution in [2.45, 2.75) is 26.4 Å². The Morgan fingerprint density at radius 3 is 2.63 bits per heavy atom. The van der Waals surface area contributed by atoms with Crippen molar-refractivity contribution in [3.8, 4) is 23.3 Å². The van der Waals surface area contributed by atoms with E-state index in [0.717, 1.165) is 22.1 Å². The van der Waals surface area contributed by atoms with Gasteiger partial charge in [-0.15, -0.1) is 0 Å². The first-order valence-corrected chi connectivity index (χ1v) is 14.1. The predicted octanol–water partition coefficient (Wildman–Crippen LogP) is 8.37. The van der Waals surface area contributed by atoms with E-state index in [2.05, 4.69) is 6.07 Å². The minimum absolute atomic E-state index is 0.0359. The Hall–Kier alpha value is -4.90. The molecule has 43 heavy (non-hydrogen) atoms. The molecule has 0 fully saturated rings. The highest BCUT2D eigenvalue weighted by molar-refractivity contribution is 6.35. The molecule has 0 spiro atoms. The maximum atomic E-state index is 13.1. The van der Waals surface area contributed by atoms with Crippen molar-refractivity contribution >= 4 is 40.1 Å². The molecule has 2 N–H and O–H groups in total. The van der Waals surface area contributed by atoms with Crippen molar-refractivity contribution in [3.63, 3.8) is 0 Å². The minimum Gasteiger partial charge on any atom is -0.489 e. The molecule has 0 amide bonds. The highest BCUT2D eigenvalue weighted by atomic mass is 35.5. The molecule has 1 aliphatic rings. The molecule has 6 rings (SSSR count). The van der Waals surface area contributed by atoms with E-state index >= 15 is 0 Å². The van der Waals surface area contributed by atoms with E-state index in [0.29, 0.717) is 38.3 Å². The Morgan fingerprint density at radius 1 is 1.00 bits per heavy atom. The molecule has 2 heterocycles. The smallest absolute Gasteiger partial charge is 0.379 e. The van der Waals surface area contributed by atoms with Crippen LogP contribution in [0.25, 0.3) is 11.0 Å². The second-order valence-corrected chi connectivity index (χ2v) is 11.0. The highest BCUT2D eigenvalue weighted by Gasteiger charge is 2.31. The summed E-state index contributed by atoms with van der Waals surface area (Å²) in [7, 11) is 0. The van der Waals surface area contributed by atoms with Gasteiger partial charge in [-0.3, -0.25) is 0 Å². The van der Waals surface area contributed by atoms with Crippen molar-refractivity contribution in [2.75, 3.05) is 0 Å². The van der Waals surface area contributed by atoms with Crippen LogP contribution in [0.2, 0.25) is 10.0 Å². The topological polar surface area (TPSA) is 108 Å². The summed E-state index contributed by atoms with van der Waals surface area (Å²) in [5, 5.41) is 11.9. The van der Waals surface area contributed by atoms with E-state index in [-0.39, 0.29) is 29.6 Å². The van der Waals surface area contributed by atoms with Gasteiger partial charge in [0, 0.05) is 38.2 Å². The lowest BCUT2D eigenvalue weighted by atomic mass is 9.83. The van der Waals surface area contributed by atoms with Gasteiger partial charge in [0.2, 0.25) is 11.6 Å². The van der Waals surface area contributed by atoms with Crippen LogP contribution in [0.15, 0.2) is 94.7 Å². The van der Waals surface area contributed by atoms with Crippen LogP contribution < -0.4 is 19.9 Å². The average molecular weight is 611 g/mol. The molecule has 0 bridgehead atoms. The molecule has 9 heteroatoms. The van der Waals surface area contributed by atoms with Crippen LogP contribution in [0.4, 0.5) is 0 Å². The fraction of sp³-hybridized carbons (Fsp3) is 0.118. The van der Waals surface area contributed by atoms with Gasteiger partial charge in [-0.1, -0.05) is 59.1 Å². The van der Waals surface area contributed by atoms with Gasteiger partial charge in [0.15, 0.2) is 0 Å². The molecule has 5 aromatic rings. The number of carbonyl (C=O) groups is 1. The predicted molar refractivity (Wildman–Crippen MR) is 164 cm³/mol. The van der Waals surface area contributed by atoms with Gasteiger partial charge in [0.25, 0.3) is 0 Å². The van der Waals surface area contributed by atoms with Crippen molar-refractivity contribution in [1.82, 2.24) is 0 Å². The lowest BCUT2D eigenvalue weighted by molar-refractivity contribution is 0.0702. The minimum atomic E-state index is -0.634. The number of nitrogens with zero attached hydrogens (tertiary/aromatic N) is 1. The lowest BCUT2D eigenvalue weighted by Crippen LogP contribution is -2.21. The standard InChI is InChI=1S/C34H24Cl2N2O5/c1-18-6-11-29-26(12-18)19(2)32(42-29)34(39)41-24-9-10-25-30(15-24)43-33(38)27(16-37)31(25)20-4-3-5-23(13-20)40-17-21-7-8-22(35)14-28(21)36/h3-15,31H,17,38H2,1-2H3. The average Bonchev–Trinajstić information content (AvgIpc) is 3.31. The molecule has 4 aromatic carbocycles. The zero-order valence-electron chi connectivity index (χ0n) is 23.1. The number of nitriles is 1. The molecule has 0 radical (unpaired) electrons. The van der Waals surface area contributed by atoms with Gasteiger partial charge in [-0.25, -0.2) is 4.79 Å². The second-order valence-electron chi connectivity index (χ2n) is 10.2. The summed E-state index contributed by atoms with van der Waals surface area (Å²) in [5.41, 5.74) is 11.1. The van der Waals surface area contributed by atoms with E-state index in [4.69, 9.17) is 47.6 Å². The number of hydrogen-bond donors (Lipinski definition) is 1. The van der Waals surface area contributed by atoms with Crippen LogP contribution in [0.3, 0.4) is 0 Å². The molecular formula is C34H24Cl2N2O5. The zero-order chi connectivity index (χ0) is 30.2. The number of ether oxygens (including phenoxy) is 3. The van der Waals surface area contributed by atoms with Crippen molar-refractivity contribution < 1.29 is 23.4 Å². The van der Waals surface area contributed by atoms with E-state index in [9.17, 15) is 10.1 Å². The van der Waals surface area contributed by atoms with Crippen molar-refractivity contribution in [1.29, 1.82) is 5.26 Å². The van der Waals surface area contributed by atoms with E-state index in [1.165, 1.54) is 0 Å². The van der Waals surface area contributed by atoms with Crippen LogP contribution in [0.1, 0.15) is 44.3 Å². The summed E-state index contributed by atoms with van der Waals surface area (Å²) in [6.07, 6.45) is 0. The number of furan rings is 1. The summed E-state index contributed by atoms with van der Waals surface area (Å²) in [4.78, 5) is 13.1. The van der Waals surface area contributed by atoms with Gasteiger partial charge in [0.05, 0.1) is 5.92 Å². The molecule has 7 nitrogen and oxygen atoms in total. The second kappa shape index (κ2) is 11.4. The van der Waals surface area contributed by atoms with Crippen LogP contribution >= 0.6 is 23.2 Å². The number of benzene rings is 4. The molecule has 1 aliphatic heterocycles. The quantitative estimate of drug-likeness (QED) is 0.152. The molecular weight excluding hydrogens is 587 g/mol. The summed E-state index contributed by atoms with van der Waals surface area (Å²) in [6, 6.07) is 25.5. The van der Waals surface area contributed by atoms with Gasteiger partial charge < -0.3 is 24.4 Å². The highest BCUT2D eigenvalue weighted by Crippen LogP contribution is 2.44. The number of hydrogen-bond acceptors (Lipinski definition) is 7. The van der Waals surface area contributed by atoms with Crippen LogP contribution in [-0.2, 0) is 6.61 Å². The lowest BCUT2D eigenvalue weighted by Gasteiger charge is -2.27. The van der Waals surface area contributed by atoms with Gasteiger partial charge >= 0.3 is 5.97 Å². The van der Waals surface area contributed by atoms with Crippen LogP contribution in [0, 0.1) is 25.2 Å². The Kier molecular flexibility index (Phi) is 7.49. The van der Waals surface area contributed by atoms with Crippen molar-refractivity contribution in [3.05, 3.63) is 134 Å². The van der Waals surface area contributed by atoms with Crippen LogP contribution in [0.5, 0.6) is 17.2 Å². The fourth-order valence-electron chi connectivity index (χ4n) is 5.11. The number of rotatable bonds is 6. The van der Waals surface area contributed by atoms with Crippen molar-refractivity contribution in [2.24, 2.45) is 5.73 Å². The Balaban J connectivity index is 1.27. The monoisotopic (exact) mass is 610 g/mol. The first-order valence-electron chi connectivity index (χ1n) is 13.3. The Morgan fingerprint density at radius 2 is 1.84 bits per heavy atom. The zero-order valence-corrected chi connectivity index (χ0v) is 24.6. The molecule has 0 saturated carbocycles. The maximum Gasteiger partial charge on any atom is 0.379 e. The van der Waals surface area contributed by atoms with Crippen LogP contribution in [-0.4, -0.2) is 5.97 Å². The third-order valence-electron chi connectivity index (χ3n) is 7.28. The van der Waals surface area contributed by atoms with Gasteiger partial charge in [-0.05, 0) is 61.9 Å². The van der Waals surface area contributed by atoms with E-state index < -0.39 is 11.9 Å². The molecule has 1 aromatic heterocycles. The summed E-state index contributed by atoms with van der Waals surface area (Å²) in [6.45, 7) is 4.02. The molecule has 1 atom stereocenters. The number of nitrogens with two attached hydrogens (primary N) is 1. The third-order valence-corrected chi connectivity index (χ3v) is 7.87.